The summed E-state index contributed by atoms with van der Waals surface area (Å²) in [6.45, 7) is 4.99. The molecular formula is C25H32ClN3O2. The van der Waals surface area contributed by atoms with Crippen molar-refractivity contribution in [3.63, 3.8) is 0 Å². The van der Waals surface area contributed by atoms with E-state index in [0.29, 0.717) is 13.1 Å². The van der Waals surface area contributed by atoms with Crippen LogP contribution in [-0.4, -0.2) is 72.6 Å². The quantitative estimate of drug-likeness (QED) is 0.709. The molecule has 4 rings (SSSR count). The average molecular weight is 442 g/mol. The molecule has 2 aliphatic heterocycles. The fourth-order valence-corrected chi connectivity index (χ4v) is 4.89. The maximum atomic E-state index is 13.2. The van der Waals surface area contributed by atoms with Crippen LogP contribution in [0.25, 0.3) is 0 Å². The maximum Gasteiger partial charge on any atom is 0.253 e. The summed E-state index contributed by atoms with van der Waals surface area (Å²) in [5.74, 6) is 0.0679. The van der Waals surface area contributed by atoms with Gasteiger partial charge in [-0.1, -0.05) is 54.1 Å². The van der Waals surface area contributed by atoms with E-state index in [1.54, 1.807) is 4.90 Å². The topological polar surface area (TPSA) is 36.0 Å². The normalized spacial score (nSPS) is 21.8. The minimum atomic E-state index is -0.407. The highest BCUT2D eigenvalue weighted by Gasteiger charge is 2.44. The standard InChI is InChI=1S/C25H32ClN3O2/c1-27-18-23(24(30)28(2)16-20-6-4-3-5-7-20)31-25(19-27)12-14-29(15-13-25)17-21-8-10-22(26)11-9-21/h3-11,23H,12-19H2,1-2H3/t23-/m1/s1. The first-order chi connectivity index (χ1) is 14.9. The van der Waals surface area contributed by atoms with E-state index in [-0.39, 0.29) is 11.5 Å². The first-order valence-electron chi connectivity index (χ1n) is 11.0. The fourth-order valence-electron chi connectivity index (χ4n) is 4.77. The number of morpholine rings is 1. The van der Waals surface area contributed by atoms with Gasteiger partial charge in [0.1, 0.15) is 6.10 Å². The number of hydrogen-bond acceptors (Lipinski definition) is 4. The van der Waals surface area contributed by atoms with Gasteiger partial charge in [-0.05, 0) is 43.1 Å². The maximum absolute atomic E-state index is 13.2. The summed E-state index contributed by atoms with van der Waals surface area (Å²) in [5, 5.41) is 0.771. The van der Waals surface area contributed by atoms with E-state index in [4.69, 9.17) is 16.3 Å². The van der Waals surface area contributed by atoms with Crippen molar-refractivity contribution in [1.29, 1.82) is 0 Å². The van der Waals surface area contributed by atoms with Gasteiger partial charge in [0.15, 0.2) is 0 Å². The van der Waals surface area contributed by atoms with Gasteiger partial charge in [0, 0.05) is 51.3 Å². The zero-order chi connectivity index (χ0) is 21.8. The lowest BCUT2D eigenvalue weighted by Crippen LogP contribution is -2.61. The molecule has 2 saturated heterocycles. The lowest BCUT2D eigenvalue weighted by Gasteiger charge is -2.49. The van der Waals surface area contributed by atoms with Gasteiger partial charge in [-0.3, -0.25) is 9.69 Å². The number of halogens is 1. The highest BCUT2D eigenvalue weighted by atomic mass is 35.5. The first kappa shape index (κ1) is 22.3. The van der Waals surface area contributed by atoms with Gasteiger partial charge in [-0.2, -0.15) is 0 Å². The Labute approximate surface area is 190 Å². The van der Waals surface area contributed by atoms with Crippen LogP contribution >= 0.6 is 11.6 Å². The van der Waals surface area contributed by atoms with Crippen molar-refractivity contribution in [3.8, 4) is 0 Å². The van der Waals surface area contributed by atoms with Crippen molar-refractivity contribution >= 4 is 17.5 Å². The Hall–Kier alpha value is -1.92. The number of hydrogen-bond donors (Lipinski definition) is 0. The molecule has 2 aromatic carbocycles. The molecule has 2 aliphatic rings. The number of nitrogens with zero attached hydrogens (tertiary/aromatic N) is 3. The SMILES string of the molecule is CN1C[C@H](C(=O)N(C)Cc2ccccc2)OC2(CCN(Cc3ccc(Cl)cc3)CC2)C1. The molecular weight excluding hydrogens is 410 g/mol. The predicted molar refractivity (Wildman–Crippen MR) is 124 cm³/mol. The summed E-state index contributed by atoms with van der Waals surface area (Å²) < 4.78 is 6.54. The molecule has 1 spiro atoms. The lowest BCUT2D eigenvalue weighted by molar-refractivity contribution is -0.188. The van der Waals surface area contributed by atoms with Crippen molar-refractivity contribution in [2.75, 3.05) is 40.3 Å². The number of piperidine rings is 1. The van der Waals surface area contributed by atoms with E-state index in [1.165, 1.54) is 5.56 Å². The molecule has 0 unspecified atom stereocenters. The molecule has 0 aromatic heterocycles. The first-order valence-corrected chi connectivity index (χ1v) is 11.4. The van der Waals surface area contributed by atoms with E-state index in [1.807, 2.05) is 37.4 Å². The predicted octanol–water partition coefficient (Wildman–Crippen LogP) is 3.66. The Morgan fingerprint density at radius 2 is 1.77 bits per heavy atom. The van der Waals surface area contributed by atoms with E-state index in [9.17, 15) is 4.79 Å². The van der Waals surface area contributed by atoms with Crippen molar-refractivity contribution in [2.45, 2.75) is 37.6 Å². The zero-order valence-corrected chi connectivity index (χ0v) is 19.2. The molecule has 0 N–H and O–H groups in total. The molecule has 6 heteroatoms. The number of carbonyl (C=O) groups is 1. The van der Waals surface area contributed by atoms with Crippen LogP contribution in [0.4, 0.5) is 0 Å². The lowest BCUT2D eigenvalue weighted by atomic mass is 9.88. The monoisotopic (exact) mass is 441 g/mol. The number of carbonyl (C=O) groups excluding carboxylic acids is 1. The Morgan fingerprint density at radius 1 is 1.10 bits per heavy atom. The van der Waals surface area contributed by atoms with Gasteiger partial charge in [-0.15, -0.1) is 0 Å². The van der Waals surface area contributed by atoms with Gasteiger partial charge in [0.25, 0.3) is 5.91 Å². The number of likely N-dealkylation sites (tertiary alicyclic amines) is 1. The molecule has 0 bridgehead atoms. The molecule has 2 aromatic rings. The highest BCUT2D eigenvalue weighted by Crippen LogP contribution is 2.33. The minimum Gasteiger partial charge on any atom is -0.359 e. The van der Waals surface area contributed by atoms with Gasteiger partial charge in [0.2, 0.25) is 0 Å². The molecule has 1 amide bonds. The zero-order valence-electron chi connectivity index (χ0n) is 18.5. The van der Waals surface area contributed by atoms with Gasteiger partial charge in [0.05, 0.1) is 5.60 Å². The third-order valence-electron chi connectivity index (χ3n) is 6.43. The van der Waals surface area contributed by atoms with Crippen LogP contribution in [0.15, 0.2) is 54.6 Å². The fraction of sp³-hybridized carbons (Fsp3) is 0.480. The summed E-state index contributed by atoms with van der Waals surface area (Å²) >= 11 is 6.01. The smallest absolute Gasteiger partial charge is 0.253 e. The highest BCUT2D eigenvalue weighted by molar-refractivity contribution is 6.30. The van der Waals surface area contributed by atoms with E-state index < -0.39 is 6.10 Å². The second-order valence-corrected chi connectivity index (χ2v) is 9.51. The van der Waals surface area contributed by atoms with E-state index in [0.717, 1.165) is 49.6 Å². The van der Waals surface area contributed by atoms with E-state index in [2.05, 4.69) is 41.1 Å². The average Bonchev–Trinajstić information content (AvgIpc) is 2.77. The van der Waals surface area contributed by atoms with Crippen LogP contribution < -0.4 is 0 Å². The summed E-state index contributed by atoms with van der Waals surface area (Å²) in [6.07, 6.45) is 1.48. The summed E-state index contributed by atoms with van der Waals surface area (Å²) in [4.78, 5) is 19.7. The third-order valence-corrected chi connectivity index (χ3v) is 6.68. The number of ether oxygens (including phenoxy) is 1. The van der Waals surface area contributed by atoms with Crippen LogP contribution in [0, 0.1) is 0 Å². The van der Waals surface area contributed by atoms with Crippen molar-refractivity contribution in [1.82, 2.24) is 14.7 Å². The molecule has 0 radical (unpaired) electrons. The number of likely N-dealkylation sites (N-methyl/N-ethyl adjacent to an activating group) is 2. The minimum absolute atomic E-state index is 0.0679. The summed E-state index contributed by atoms with van der Waals surface area (Å²) in [7, 11) is 3.97. The molecule has 5 nitrogen and oxygen atoms in total. The Kier molecular flexibility index (Phi) is 6.97. The Bertz CT molecular complexity index is 866. The largest absolute Gasteiger partial charge is 0.359 e. The molecule has 0 aliphatic carbocycles. The van der Waals surface area contributed by atoms with Crippen LogP contribution in [0.1, 0.15) is 24.0 Å². The Morgan fingerprint density at radius 3 is 2.45 bits per heavy atom. The van der Waals surface area contributed by atoms with Crippen molar-refractivity contribution in [3.05, 3.63) is 70.7 Å². The second kappa shape index (κ2) is 9.70. The van der Waals surface area contributed by atoms with Crippen LogP contribution in [0.3, 0.4) is 0 Å². The number of benzene rings is 2. The molecule has 0 saturated carbocycles. The summed E-state index contributed by atoms with van der Waals surface area (Å²) in [6, 6.07) is 18.2. The van der Waals surface area contributed by atoms with Crippen LogP contribution in [0.2, 0.25) is 5.02 Å². The third kappa shape index (κ3) is 5.66. The molecule has 2 fully saturated rings. The number of amides is 1. The number of rotatable bonds is 5. The Balaban J connectivity index is 1.35. The van der Waals surface area contributed by atoms with Gasteiger partial charge >= 0.3 is 0 Å². The molecule has 1 atom stereocenters. The van der Waals surface area contributed by atoms with Crippen molar-refractivity contribution in [2.24, 2.45) is 0 Å². The van der Waals surface area contributed by atoms with Gasteiger partial charge in [-0.25, -0.2) is 0 Å². The summed E-state index contributed by atoms with van der Waals surface area (Å²) in [5.41, 5.74) is 2.17. The molecule has 31 heavy (non-hydrogen) atoms. The van der Waals surface area contributed by atoms with E-state index >= 15 is 0 Å². The molecule has 166 valence electrons. The molecule has 2 heterocycles. The van der Waals surface area contributed by atoms with Crippen LogP contribution in [-0.2, 0) is 22.6 Å². The van der Waals surface area contributed by atoms with Crippen molar-refractivity contribution < 1.29 is 9.53 Å². The van der Waals surface area contributed by atoms with Gasteiger partial charge < -0.3 is 14.5 Å². The van der Waals surface area contributed by atoms with Crippen LogP contribution in [0.5, 0.6) is 0 Å². The second-order valence-electron chi connectivity index (χ2n) is 9.07.